The van der Waals surface area contributed by atoms with Crippen LogP contribution in [0.1, 0.15) is 6.42 Å². The first-order valence-electron chi connectivity index (χ1n) is 2.87. The fourth-order valence-electron chi connectivity index (χ4n) is 0.810. The van der Waals surface area contributed by atoms with Crippen LogP contribution in [0.2, 0.25) is 0 Å². The molecule has 2 N–H and O–H groups in total. The summed E-state index contributed by atoms with van der Waals surface area (Å²) < 4.78 is 0. The zero-order valence-corrected chi connectivity index (χ0v) is 4.80. The Morgan fingerprint density at radius 3 is 2.75 bits per heavy atom. The summed E-state index contributed by atoms with van der Waals surface area (Å²) >= 11 is 0. The second-order valence-corrected chi connectivity index (χ2v) is 2.11. The van der Waals surface area contributed by atoms with Crippen LogP contribution in [-0.4, -0.2) is 23.8 Å². The van der Waals surface area contributed by atoms with Crippen molar-refractivity contribution in [3.8, 4) is 0 Å². The minimum atomic E-state index is -0.131. The summed E-state index contributed by atoms with van der Waals surface area (Å²) in [6.45, 7) is 4.31. The molecule has 0 aromatic carbocycles. The van der Waals surface area contributed by atoms with Crippen molar-refractivity contribution in [3.05, 3.63) is 12.7 Å². The van der Waals surface area contributed by atoms with Crippen molar-refractivity contribution >= 4 is 0 Å². The molecule has 0 bridgehead atoms. The zero-order chi connectivity index (χ0) is 5.98. The SMILES string of the molecule is C=CCC1NCC1O. The summed E-state index contributed by atoms with van der Waals surface area (Å²) in [6, 6.07) is 0.285. The van der Waals surface area contributed by atoms with Crippen molar-refractivity contribution in [3.63, 3.8) is 0 Å². The third-order valence-electron chi connectivity index (χ3n) is 1.47. The Morgan fingerprint density at radius 2 is 2.62 bits per heavy atom. The van der Waals surface area contributed by atoms with E-state index in [-0.39, 0.29) is 12.1 Å². The van der Waals surface area contributed by atoms with Gasteiger partial charge in [-0.3, -0.25) is 0 Å². The van der Waals surface area contributed by atoms with Crippen LogP contribution in [0, 0.1) is 0 Å². The third-order valence-corrected chi connectivity index (χ3v) is 1.47. The van der Waals surface area contributed by atoms with Crippen LogP contribution in [0.15, 0.2) is 12.7 Å². The highest BCUT2D eigenvalue weighted by Gasteiger charge is 2.25. The van der Waals surface area contributed by atoms with E-state index in [9.17, 15) is 0 Å². The minimum Gasteiger partial charge on any atom is -0.390 e. The van der Waals surface area contributed by atoms with Crippen LogP contribution < -0.4 is 5.32 Å². The van der Waals surface area contributed by atoms with E-state index in [1.54, 1.807) is 0 Å². The van der Waals surface area contributed by atoms with E-state index in [0.29, 0.717) is 0 Å². The molecule has 0 radical (unpaired) electrons. The quantitative estimate of drug-likeness (QED) is 0.490. The minimum absolute atomic E-state index is 0.131. The lowest BCUT2D eigenvalue weighted by molar-refractivity contribution is 0.0629. The molecule has 0 aliphatic carbocycles. The smallest absolute Gasteiger partial charge is 0.0820 e. The molecule has 0 spiro atoms. The number of β-amino-alcohol motifs (C(OH)–C–C–N with tert-alkyl or cyclic N) is 1. The Morgan fingerprint density at radius 1 is 1.88 bits per heavy atom. The molecule has 2 heteroatoms. The van der Waals surface area contributed by atoms with Crippen molar-refractivity contribution in [2.75, 3.05) is 6.54 Å². The molecule has 0 saturated carbocycles. The van der Waals surface area contributed by atoms with Crippen molar-refractivity contribution in [1.29, 1.82) is 0 Å². The van der Waals surface area contributed by atoms with Gasteiger partial charge in [0.05, 0.1) is 6.10 Å². The van der Waals surface area contributed by atoms with Crippen LogP contribution in [-0.2, 0) is 0 Å². The molecule has 1 saturated heterocycles. The number of hydrogen-bond acceptors (Lipinski definition) is 2. The normalized spacial score (nSPS) is 36.1. The predicted molar refractivity (Wildman–Crippen MR) is 32.6 cm³/mol. The van der Waals surface area contributed by atoms with Gasteiger partial charge in [-0.05, 0) is 6.42 Å². The Kier molecular flexibility index (Phi) is 1.65. The highest BCUT2D eigenvalue weighted by atomic mass is 16.3. The topological polar surface area (TPSA) is 32.3 Å². The van der Waals surface area contributed by atoms with E-state index in [0.717, 1.165) is 13.0 Å². The largest absolute Gasteiger partial charge is 0.390 e. The number of nitrogens with one attached hydrogen (secondary N) is 1. The van der Waals surface area contributed by atoms with Gasteiger partial charge in [-0.1, -0.05) is 6.08 Å². The van der Waals surface area contributed by atoms with Gasteiger partial charge in [0.15, 0.2) is 0 Å². The summed E-state index contributed by atoms with van der Waals surface area (Å²) in [4.78, 5) is 0. The second-order valence-electron chi connectivity index (χ2n) is 2.11. The van der Waals surface area contributed by atoms with Crippen molar-refractivity contribution < 1.29 is 5.11 Å². The highest BCUT2D eigenvalue weighted by molar-refractivity contribution is 4.92. The number of aliphatic hydroxyl groups excluding tert-OH is 1. The van der Waals surface area contributed by atoms with Gasteiger partial charge in [-0.2, -0.15) is 0 Å². The second kappa shape index (κ2) is 2.29. The predicted octanol–water partition coefficient (Wildman–Crippen LogP) is -0.105. The molecule has 2 nitrogen and oxygen atoms in total. The summed E-state index contributed by atoms with van der Waals surface area (Å²) in [5, 5.41) is 12.0. The van der Waals surface area contributed by atoms with Crippen LogP contribution in [0.4, 0.5) is 0 Å². The van der Waals surface area contributed by atoms with Crippen molar-refractivity contribution in [2.45, 2.75) is 18.6 Å². The Hall–Kier alpha value is -0.340. The molecule has 2 unspecified atom stereocenters. The first-order chi connectivity index (χ1) is 3.84. The van der Waals surface area contributed by atoms with Crippen LogP contribution >= 0.6 is 0 Å². The molecule has 0 amide bonds. The standard InChI is InChI=1S/C6H11NO/c1-2-3-5-6(8)4-7-5/h2,5-8H,1,3-4H2. The molecular weight excluding hydrogens is 102 g/mol. The van der Waals surface area contributed by atoms with Crippen molar-refractivity contribution in [1.82, 2.24) is 5.32 Å². The first-order valence-corrected chi connectivity index (χ1v) is 2.87. The van der Waals surface area contributed by atoms with E-state index in [1.165, 1.54) is 0 Å². The molecule has 0 aromatic rings. The summed E-state index contributed by atoms with van der Waals surface area (Å²) in [5.74, 6) is 0. The van der Waals surface area contributed by atoms with Gasteiger partial charge in [0, 0.05) is 12.6 Å². The van der Waals surface area contributed by atoms with Gasteiger partial charge in [0.1, 0.15) is 0 Å². The van der Waals surface area contributed by atoms with Crippen LogP contribution in [0.5, 0.6) is 0 Å². The maximum Gasteiger partial charge on any atom is 0.0820 e. The van der Waals surface area contributed by atoms with Gasteiger partial charge in [0.2, 0.25) is 0 Å². The van der Waals surface area contributed by atoms with Gasteiger partial charge < -0.3 is 10.4 Å². The lowest BCUT2D eigenvalue weighted by atomic mass is 10.0. The summed E-state index contributed by atoms with van der Waals surface area (Å²) in [5.41, 5.74) is 0. The van der Waals surface area contributed by atoms with E-state index >= 15 is 0 Å². The molecule has 1 aliphatic heterocycles. The maximum absolute atomic E-state index is 8.93. The lowest BCUT2D eigenvalue weighted by Crippen LogP contribution is -2.56. The molecule has 1 fully saturated rings. The Labute approximate surface area is 49.2 Å². The maximum atomic E-state index is 8.93. The molecule has 46 valence electrons. The summed E-state index contributed by atoms with van der Waals surface area (Å²) in [7, 11) is 0. The molecule has 0 aromatic heterocycles. The monoisotopic (exact) mass is 113 g/mol. The molecule has 1 rings (SSSR count). The zero-order valence-electron chi connectivity index (χ0n) is 4.80. The van der Waals surface area contributed by atoms with Gasteiger partial charge >= 0.3 is 0 Å². The van der Waals surface area contributed by atoms with Crippen LogP contribution in [0.3, 0.4) is 0 Å². The van der Waals surface area contributed by atoms with Gasteiger partial charge in [-0.25, -0.2) is 0 Å². The highest BCUT2D eigenvalue weighted by Crippen LogP contribution is 2.07. The average Bonchev–Trinajstić information content (AvgIpc) is 1.79. The van der Waals surface area contributed by atoms with Gasteiger partial charge in [-0.15, -0.1) is 6.58 Å². The first kappa shape index (κ1) is 5.79. The van der Waals surface area contributed by atoms with E-state index in [1.807, 2.05) is 6.08 Å². The molecular formula is C6H11NO. The molecule has 8 heavy (non-hydrogen) atoms. The van der Waals surface area contributed by atoms with Crippen molar-refractivity contribution in [2.24, 2.45) is 0 Å². The molecule has 1 aliphatic rings. The average molecular weight is 113 g/mol. The Bertz CT molecular complexity index is 92.5. The van der Waals surface area contributed by atoms with E-state index in [2.05, 4.69) is 11.9 Å². The molecule has 1 heterocycles. The number of rotatable bonds is 2. The van der Waals surface area contributed by atoms with E-state index in [4.69, 9.17) is 5.11 Å². The number of hydrogen-bond donors (Lipinski definition) is 2. The lowest BCUT2D eigenvalue weighted by Gasteiger charge is -2.33. The molecule has 2 atom stereocenters. The van der Waals surface area contributed by atoms with Gasteiger partial charge in [0.25, 0.3) is 0 Å². The Balaban J connectivity index is 2.16. The summed E-state index contributed by atoms with van der Waals surface area (Å²) in [6.07, 6.45) is 2.56. The van der Waals surface area contributed by atoms with Crippen LogP contribution in [0.25, 0.3) is 0 Å². The number of aliphatic hydroxyl groups is 1. The third kappa shape index (κ3) is 0.904. The fourth-order valence-corrected chi connectivity index (χ4v) is 0.810. The van der Waals surface area contributed by atoms with E-state index < -0.39 is 0 Å². The fraction of sp³-hybridized carbons (Fsp3) is 0.667.